The third-order valence-electron chi connectivity index (χ3n) is 5.06. The number of rotatable bonds is 8. The first kappa shape index (κ1) is 21.0. The van der Waals surface area contributed by atoms with Gasteiger partial charge in [-0.1, -0.05) is 37.3 Å². The molecule has 1 aromatic carbocycles. The molecular weight excluding hydrogens is 344 g/mol. The van der Waals surface area contributed by atoms with Crippen LogP contribution in [0.4, 0.5) is 0 Å². The van der Waals surface area contributed by atoms with Crippen LogP contribution in [0.15, 0.2) is 30.3 Å². The van der Waals surface area contributed by atoms with Gasteiger partial charge in [-0.25, -0.2) is 0 Å². The van der Waals surface area contributed by atoms with Crippen LogP contribution in [-0.2, 0) is 4.79 Å². The number of nitrogens with zero attached hydrogens (tertiary/aromatic N) is 2. The van der Waals surface area contributed by atoms with Gasteiger partial charge >= 0.3 is 0 Å². The average Bonchev–Trinajstić information content (AvgIpc) is 3.04. The van der Waals surface area contributed by atoms with Crippen molar-refractivity contribution < 1.29 is 9.59 Å². The molecule has 0 radical (unpaired) electrons. The van der Waals surface area contributed by atoms with Gasteiger partial charge in [-0.3, -0.25) is 14.5 Å². The van der Waals surface area contributed by atoms with Gasteiger partial charge in [0, 0.05) is 36.4 Å². The van der Waals surface area contributed by atoms with Crippen molar-refractivity contribution in [2.75, 3.05) is 18.8 Å². The summed E-state index contributed by atoms with van der Waals surface area (Å²) in [6, 6.07) is 9.67. The molecule has 4 nitrogen and oxygen atoms in total. The molecule has 0 aliphatic carbocycles. The number of carbonyl (C=O) groups is 2. The van der Waals surface area contributed by atoms with Crippen molar-refractivity contribution in [3.63, 3.8) is 0 Å². The van der Waals surface area contributed by atoms with Crippen molar-refractivity contribution >= 4 is 23.5 Å². The van der Waals surface area contributed by atoms with E-state index in [1.807, 2.05) is 35.2 Å². The van der Waals surface area contributed by atoms with Crippen LogP contribution in [-0.4, -0.2) is 57.3 Å². The Morgan fingerprint density at radius 1 is 1.15 bits per heavy atom. The monoisotopic (exact) mass is 376 g/mol. The number of amides is 1. The molecular formula is C21H32N2O2S. The van der Waals surface area contributed by atoms with Crippen molar-refractivity contribution in [3.8, 4) is 0 Å². The van der Waals surface area contributed by atoms with E-state index in [-0.39, 0.29) is 23.8 Å². The number of likely N-dealkylation sites (N-methyl/N-ethyl adjacent to an activating group) is 1. The zero-order chi connectivity index (χ0) is 19.3. The highest BCUT2D eigenvalue weighted by atomic mass is 32.2. The van der Waals surface area contributed by atoms with Gasteiger partial charge in [0.15, 0.2) is 5.78 Å². The molecule has 144 valence electrons. The first-order valence-corrected chi connectivity index (χ1v) is 10.6. The number of hydrogen-bond donors (Lipinski definition) is 0. The average molecular weight is 377 g/mol. The van der Waals surface area contributed by atoms with Crippen LogP contribution in [0, 0.1) is 0 Å². The van der Waals surface area contributed by atoms with Crippen LogP contribution >= 0.6 is 11.8 Å². The largest absolute Gasteiger partial charge is 0.335 e. The Morgan fingerprint density at radius 3 is 2.31 bits per heavy atom. The lowest BCUT2D eigenvalue weighted by atomic mass is 9.99. The fourth-order valence-electron chi connectivity index (χ4n) is 3.86. The quantitative estimate of drug-likeness (QED) is 0.642. The van der Waals surface area contributed by atoms with Crippen LogP contribution in [0.2, 0.25) is 0 Å². The predicted octanol–water partition coefficient (Wildman–Crippen LogP) is 4.06. The molecule has 1 amide bonds. The van der Waals surface area contributed by atoms with E-state index in [1.165, 1.54) is 0 Å². The van der Waals surface area contributed by atoms with Crippen molar-refractivity contribution in [2.45, 2.75) is 64.4 Å². The minimum atomic E-state index is -0.617. The molecule has 1 aromatic rings. The van der Waals surface area contributed by atoms with Crippen LogP contribution in [0.1, 0.15) is 57.8 Å². The summed E-state index contributed by atoms with van der Waals surface area (Å²) in [5.41, 5.74) is 0.728. The molecule has 0 bridgehead atoms. The number of benzene rings is 1. The maximum atomic E-state index is 13.6. The third-order valence-corrected chi connectivity index (χ3v) is 6.56. The van der Waals surface area contributed by atoms with Crippen LogP contribution in [0.5, 0.6) is 0 Å². The molecule has 0 N–H and O–H groups in total. The van der Waals surface area contributed by atoms with Crippen molar-refractivity contribution in [1.82, 2.24) is 9.80 Å². The smallest absolute Gasteiger partial charge is 0.253 e. The first-order chi connectivity index (χ1) is 12.3. The van der Waals surface area contributed by atoms with Crippen LogP contribution in [0.25, 0.3) is 0 Å². The van der Waals surface area contributed by atoms with E-state index >= 15 is 0 Å². The second kappa shape index (κ2) is 9.05. The fraction of sp³-hybridized carbons (Fsp3) is 0.619. The summed E-state index contributed by atoms with van der Waals surface area (Å²) in [6.07, 6.45) is 0.956. The van der Waals surface area contributed by atoms with Gasteiger partial charge in [0.05, 0.1) is 0 Å². The summed E-state index contributed by atoms with van der Waals surface area (Å²) in [6.45, 7) is 12.1. The third kappa shape index (κ3) is 4.32. The van der Waals surface area contributed by atoms with Gasteiger partial charge in [0.1, 0.15) is 4.87 Å². The molecule has 1 atom stereocenters. The number of Topliss-reactive ketones (excluding diaryl/α,β-unsaturated/α-hetero) is 1. The highest BCUT2D eigenvalue weighted by Gasteiger charge is 2.50. The van der Waals surface area contributed by atoms with Gasteiger partial charge in [-0.15, -0.1) is 11.8 Å². The number of carbonyl (C=O) groups excluding carboxylic acids is 2. The molecule has 1 aliphatic heterocycles. The second-order valence-electron chi connectivity index (χ2n) is 7.40. The Bertz CT molecular complexity index is 610. The summed E-state index contributed by atoms with van der Waals surface area (Å²) in [4.78, 5) is 29.9. The van der Waals surface area contributed by atoms with Crippen LogP contribution < -0.4 is 0 Å². The van der Waals surface area contributed by atoms with Gasteiger partial charge in [0.2, 0.25) is 0 Å². The lowest BCUT2D eigenvalue weighted by molar-refractivity contribution is -0.142. The normalized spacial score (nSPS) is 20.7. The van der Waals surface area contributed by atoms with Gasteiger partial charge in [-0.05, 0) is 40.7 Å². The zero-order valence-electron chi connectivity index (χ0n) is 16.7. The lowest BCUT2D eigenvalue weighted by Crippen LogP contribution is -2.58. The van der Waals surface area contributed by atoms with E-state index in [2.05, 4.69) is 39.5 Å². The molecule has 0 saturated carbocycles. The van der Waals surface area contributed by atoms with E-state index in [1.54, 1.807) is 11.8 Å². The Morgan fingerprint density at radius 2 is 1.77 bits per heavy atom. The first-order valence-electron chi connectivity index (χ1n) is 9.63. The molecule has 26 heavy (non-hydrogen) atoms. The van der Waals surface area contributed by atoms with E-state index in [0.29, 0.717) is 12.8 Å². The van der Waals surface area contributed by atoms with Gasteiger partial charge < -0.3 is 4.90 Å². The molecule has 0 spiro atoms. The molecule has 1 saturated heterocycles. The molecule has 1 heterocycles. The fourth-order valence-corrected chi connectivity index (χ4v) is 5.39. The zero-order valence-corrected chi connectivity index (χ0v) is 17.5. The summed E-state index contributed by atoms with van der Waals surface area (Å²) in [5.74, 6) is 1.21. The molecule has 2 rings (SSSR count). The van der Waals surface area contributed by atoms with Crippen molar-refractivity contribution in [1.29, 1.82) is 0 Å². The molecule has 1 unspecified atom stereocenters. The van der Waals surface area contributed by atoms with E-state index in [0.717, 1.165) is 24.4 Å². The second-order valence-corrected chi connectivity index (χ2v) is 8.77. The van der Waals surface area contributed by atoms with E-state index in [9.17, 15) is 9.59 Å². The molecule has 0 aromatic heterocycles. The van der Waals surface area contributed by atoms with E-state index in [4.69, 9.17) is 0 Å². The summed E-state index contributed by atoms with van der Waals surface area (Å²) in [5, 5.41) is 0. The minimum absolute atomic E-state index is 0.113. The Labute approximate surface area is 162 Å². The van der Waals surface area contributed by atoms with Gasteiger partial charge in [0.25, 0.3) is 5.91 Å². The minimum Gasteiger partial charge on any atom is -0.335 e. The highest BCUT2D eigenvalue weighted by Crippen LogP contribution is 2.42. The topological polar surface area (TPSA) is 40.6 Å². The molecule has 1 fully saturated rings. The summed E-state index contributed by atoms with van der Waals surface area (Å²) >= 11 is 1.71. The Hall–Kier alpha value is -1.33. The Balaban J connectivity index is 2.25. The maximum Gasteiger partial charge on any atom is 0.253 e. The van der Waals surface area contributed by atoms with E-state index < -0.39 is 4.87 Å². The summed E-state index contributed by atoms with van der Waals surface area (Å²) < 4.78 is 0. The van der Waals surface area contributed by atoms with Crippen molar-refractivity contribution in [2.24, 2.45) is 0 Å². The number of hydrogen-bond acceptors (Lipinski definition) is 4. The number of thioether (sulfide) groups is 1. The van der Waals surface area contributed by atoms with Crippen molar-refractivity contribution in [3.05, 3.63) is 35.9 Å². The molecule has 1 aliphatic rings. The standard InChI is InChI=1S/C21H32N2O2S/c1-6-22-14-15-26-21(22,20(25)23(16(2)3)17(4)5)13-12-19(24)18-10-8-7-9-11-18/h7-11,16-17H,6,12-15H2,1-5H3. The predicted molar refractivity (Wildman–Crippen MR) is 110 cm³/mol. The highest BCUT2D eigenvalue weighted by molar-refractivity contribution is 8.01. The Kier molecular flexibility index (Phi) is 7.30. The number of ketones is 1. The van der Waals surface area contributed by atoms with Gasteiger partial charge in [-0.2, -0.15) is 0 Å². The molecule has 5 heteroatoms. The van der Waals surface area contributed by atoms with Crippen LogP contribution in [0.3, 0.4) is 0 Å². The SMILES string of the molecule is CCN1CCSC1(CCC(=O)c1ccccc1)C(=O)N(C(C)C)C(C)C. The maximum absolute atomic E-state index is 13.6. The lowest BCUT2D eigenvalue weighted by Gasteiger charge is -2.42. The summed E-state index contributed by atoms with van der Waals surface area (Å²) in [7, 11) is 0.